The van der Waals surface area contributed by atoms with Gasteiger partial charge in [0.05, 0.1) is 12.0 Å². The van der Waals surface area contributed by atoms with Crippen LogP contribution in [0, 0.1) is 11.3 Å². The van der Waals surface area contributed by atoms with Gasteiger partial charge in [0.1, 0.15) is 5.75 Å². The number of fused-ring (bicyclic) bond motifs is 3. The van der Waals surface area contributed by atoms with Gasteiger partial charge in [0.25, 0.3) is 0 Å². The molecule has 7 nitrogen and oxygen atoms in total. The monoisotopic (exact) mass is 440 g/mol. The average molecular weight is 440 g/mol. The van der Waals surface area contributed by atoms with Crippen LogP contribution in [-0.4, -0.2) is 42.0 Å². The number of carbonyl (C=O) groups excluding carboxylic acids is 2. The van der Waals surface area contributed by atoms with Crippen molar-refractivity contribution in [2.24, 2.45) is 11.3 Å². The molecule has 32 heavy (non-hydrogen) atoms. The molecule has 1 aromatic carbocycles. The Labute approximate surface area is 187 Å². The molecule has 2 aliphatic carbocycles. The predicted octanol–water partition coefficient (Wildman–Crippen LogP) is 3.30. The first-order valence-corrected chi connectivity index (χ1v) is 10.6. The Morgan fingerprint density at radius 2 is 1.84 bits per heavy atom. The normalized spacial score (nSPS) is 27.7. The zero-order chi connectivity index (χ0) is 23.1. The summed E-state index contributed by atoms with van der Waals surface area (Å²) in [5.41, 5.74) is -1.02. The molecule has 0 spiro atoms. The van der Waals surface area contributed by atoms with Crippen molar-refractivity contribution in [1.82, 2.24) is 0 Å². The van der Waals surface area contributed by atoms with E-state index in [4.69, 9.17) is 18.9 Å². The van der Waals surface area contributed by atoms with Crippen LogP contribution in [0.1, 0.15) is 32.3 Å². The highest BCUT2D eigenvalue weighted by atomic mass is 16.7. The van der Waals surface area contributed by atoms with Gasteiger partial charge in [-0.2, -0.15) is 0 Å². The Kier molecular flexibility index (Phi) is 5.73. The fourth-order valence-corrected chi connectivity index (χ4v) is 4.65. The molecule has 2 bridgehead atoms. The third-order valence-electron chi connectivity index (χ3n) is 6.58. The fourth-order valence-electron chi connectivity index (χ4n) is 4.65. The minimum Gasteiger partial charge on any atom is -0.467 e. The van der Waals surface area contributed by atoms with Crippen LogP contribution in [0.15, 0.2) is 49.1 Å². The van der Waals surface area contributed by atoms with Gasteiger partial charge in [0, 0.05) is 23.5 Å². The molecular weight excluding hydrogens is 412 g/mol. The predicted molar refractivity (Wildman–Crippen MR) is 117 cm³/mol. The van der Waals surface area contributed by atoms with Crippen molar-refractivity contribution in [3.05, 3.63) is 54.7 Å². The first-order valence-electron chi connectivity index (χ1n) is 10.6. The van der Waals surface area contributed by atoms with Crippen LogP contribution < -0.4 is 14.2 Å². The van der Waals surface area contributed by atoms with E-state index in [9.17, 15) is 14.7 Å². The minimum atomic E-state index is -1.43. The maximum Gasteiger partial charge on any atom is 0.231 e. The molecule has 3 atom stereocenters. The molecule has 1 saturated carbocycles. The highest BCUT2D eigenvalue weighted by Gasteiger charge is 2.61. The number of allylic oxidation sites excluding steroid dienone is 3. The van der Waals surface area contributed by atoms with Crippen LogP contribution in [0.2, 0.25) is 0 Å². The van der Waals surface area contributed by atoms with Crippen molar-refractivity contribution in [3.63, 3.8) is 0 Å². The highest BCUT2D eigenvalue weighted by Crippen LogP contribution is 2.49. The van der Waals surface area contributed by atoms with E-state index < -0.39 is 23.0 Å². The second-order valence-corrected chi connectivity index (χ2v) is 8.97. The Hall–Kier alpha value is -2.90. The smallest absolute Gasteiger partial charge is 0.231 e. The second kappa shape index (κ2) is 8.22. The SMILES string of the molecule is C=CCC1=CC2(OCOc3cc4c(cc3CC=C)OCO4)CC(O)C(C)(C)C(C1=O)C2=O. The molecule has 1 fully saturated rings. The van der Waals surface area contributed by atoms with Gasteiger partial charge in [-0.25, -0.2) is 0 Å². The van der Waals surface area contributed by atoms with Crippen molar-refractivity contribution in [2.45, 2.75) is 44.8 Å². The summed E-state index contributed by atoms with van der Waals surface area (Å²) < 4.78 is 22.7. The summed E-state index contributed by atoms with van der Waals surface area (Å²) in [6.07, 6.45) is 4.94. The van der Waals surface area contributed by atoms with Crippen LogP contribution in [0.4, 0.5) is 0 Å². The number of aliphatic hydroxyl groups excluding tert-OH is 1. The Balaban J connectivity index is 1.61. The molecule has 1 aromatic rings. The van der Waals surface area contributed by atoms with Crippen molar-refractivity contribution < 1.29 is 33.6 Å². The third-order valence-corrected chi connectivity index (χ3v) is 6.58. The van der Waals surface area contributed by atoms with Crippen LogP contribution >= 0.6 is 0 Å². The largest absolute Gasteiger partial charge is 0.467 e. The lowest BCUT2D eigenvalue weighted by Crippen LogP contribution is -2.63. The zero-order valence-corrected chi connectivity index (χ0v) is 18.4. The van der Waals surface area contributed by atoms with E-state index in [2.05, 4.69) is 13.2 Å². The number of Topliss-reactive ketones (excluding diaryl/α,β-unsaturated/α-hetero) is 2. The lowest BCUT2D eigenvalue weighted by molar-refractivity contribution is -0.183. The van der Waals surface area contributed by atoms with Crippen molar-refractivity contribution >= 4 is 11.6 Å². The number of aliphatic hydroxyl groups is 1. The number of ketones is 2. The van der Waals surface area contributed by atoms with Gasteiger partial charge in [-0.1, -0.05) is 26.0 Å². The minimum absolute atomic E-state index is 0.0489. The number of carbonyl (C=O) groups is 2. The topological polar surface area (TPSA) is 91.3 Å². The second-order valence-electron chi connectivity index (χ2n) is 8.97. The number of hydrogen-bond donors (Lipinski definition) is 1. The third kappa shape index (κ3) is 3.55. The molecule has 0 saturated heterocycles. The molecule has 1 aliphatic heterocycles. The maximum atomic E-state index is 13.4. The standard InChI is InChI=1S/C25H28O7/c1-5-7-15-9-18-19(30-13-29-18)10-17(15)31-14-32-25-11-16(8-6-2)22(27)21(23(25)28)24(3,4)20(26)12-25/h5-6,9-11,20-21,26H,1-2,7-8,12-14H2,3-4H3. The van der Waals surface area contributed by atoms with E-state index in [0.717, 1.165) is 5.56 Å². The summed E-state index contributed by atoms with van der Waals surface area (Å²) in [5.74, 6) is 0.121. The number of rotatable bonds is 8. The quantitative estimate of drug-likeness (QED) is 0.377. The van der Waals surface area contributed by atoms with Gasteiger partial charge in [0.2, 0.25) is 6.79 Å². The molecule has 0 radical (unpaired) electrons. The molecule has 0 aromatic heterocycles. The van der Waals surface area contributed by atoms with Gasteiger partial charge < -0.3 is 24.1 Å². The van der Waals surface area contributed by atoms with E-state index in [1.54, 1.807) is 38.1 Å². The molecule has 0 amide bonds. The fraction of sp³-hybridized carbons (Fsp3) is 0.440. The van der Waals surface area contributed by atoms with Gasteiger partial charge in [-0.3, -0.25) is 9.59 Å². The lowest BCUT2D eigenvalue weighted by Gasteiger charge is -2.50. The van der Waals surface area contributed by atoms with Gasteiger partial charge in [-0.15, -0.1) is 13.2 Å². The van der Waals surface area contributed by atoms with E-state index in [1.807, 2.05) is 6.07 Å². The molecule has 3 unspecified atom stereocenters. The maximum absolute atomic E-state index is 13.4. The summed E-state index contributed by atoms with van der Waals surface area (Å²) in [4.78, 5) is 26.4. The summed E-state index contributed by atoms with van der Waals surface area (Å²) in [6, 6.07) is 3.54. The summed E-state index contributed by atoms with van der Waals surface area (Å²) >= 11 is 0. The molecule has 4 rings (SSSR count). The van der Waals surface area contributed by atoms with E-state index in [0.29, 0.717) is 35.7 Å². The van der Waals surface area contributed by atoms with Crippen LogP contribution in [0.3, 0.4) is 0 Å². The van der Waals surface area contributed by atoms with Crippen molar-refractivity contribution in [1.29, 1.82) is 0 Å². The molecular formula is C25H28O7. The summed E-state index contributed by atoms with van der Waals surface area (Å²) in [7, 11) is 0. The van der Waals surface area contributed by atoms with Crippen LogP contribution in [0.5, 0.6) is 17.2 Å². The van der Waals surface area contributed by atoms with Crippen molar-refractivity contribution in [2.75, 3.05) is 13.6 Å². The molecule has 1 heterocycles. The van der Waals surface area contributed by atoms with Crippen LogP contribution in [0.25, 0.3) is 0 Å². The van der Waals surface area contributed by atoms with E-state index in [1.165, 1.54) is 0 Å². The first-order chi connectivity index (χ1) is 15.2. The Bertz CT molecular complexity index is 1010. The Morgan fingerprint density at radius 1 is 1.16 bits per heavy atom. The van der Waals surface area contributed by atoms with Gasteiger partial charge in [-0.05, 0) is 30.6 Å². The number of hydrogen-bond acceptors (Lipinski definition) is 7. The van der Waals surface area contributed by atoms with E-state index in [-0.39, 0.29) is 31.6 Å². The number of ether oxygens (including phenoxy) is 4. The highest BCUT2D eigenvalue weighted by molar-refractivity contribution is 6.18. The van der Waals surface area contributed by atoms with E-state index >= 15 is 0 Å². The first kappa shape index (κ1) is 22.3. The molecule has 1 N–H and O–H groups in total. The molecule has 3 aliphatic rings. The summed E-state index contributed by atoms with van der Waals surface area (Å²) in [6.45, 7) is 10.9. The van der Waals surface area contributed by atoms with Crippen LogP contribution in [-0.2, 0) is 20.7 Å². The molecule has 170 valence electrons. The Morgan fingerprint density at radius 3 is 2.53 bits per heavy atom. The zero-order valence-electron chi connectivity index (χ0n) is 18.4. The van der Waals surface area contributed by atoms with Gasteiger partial charge in [0.15, 0.2) is 35.5 Å². The lowest BCUT2D eigenvalue weighted by atomic mass is 9.56. The van der Waals surface area contributed by atoms with Gasteiger partial charge >= 0.3 is 0 Å². The molecule has 7 heteroatoms. The van der Waals surface area contributed by atoms with Crippen molar-refractivity contribution in [3.8, 4) is 17.2 Å². The summed E-state index contributed by atoms with van der Waals surface area (Å²) in [5, 5.41) is 10.8. The number of benzene rings is 1. The average Bonchev–Trinajstić information content (AvgIpc) is 3.19.